The zero-order valence-electron chi connectivity index (χ0n) is 8.20. The Morgan fingerprint density at radius 2 is 2.43 bits per heavy atom. The highest BCUT2D eigenvalue weighted by atomic mass is 16.5. The van der Waals surface area contributed by atoms with Gasteiger partial charge < -0.3 is 15.8 Å². The number of aromatic nitrogens is 1. The van der Waals surface area contributed by atoms with E-state index in [0.29, 0.717) is 11.5 Å². The fourth-order valence-corrected chi connectivity index (χ4v) is 0.968. The van der Waals surface area contributed by atoms with E-state index in [0.717, 1.165) is 5.56 Å². The second-order valence-corrected chi connectivity index (χ2v) is 2.88. The zero-order valence-corrected chi connectivity index (χ0v) is 8.20. The van der Waals surface area contributed by atoms with E-state index in [1.807, 2.05) is 6.92 Å². The number of carbonyl (C=O) groups is 1. The number of hydrogen-bond acceptors (Lipinski definition) is 5. The van der Waals surface area contributed by atoms with Crippen molar-refractivity contribution < 1.29 is 9.53 Å². The van der Waals surface area contributed by atoms with Crippen molar-refractivity contribution in [2.24, 2.45) is 0 Å². The van der Waals surface area contributed by atoms with Gasteiger partial charge in [0.1, 0.15) is 12.4 Å². The second kappa shape index (κ2) is 4.45. The molecule has 1 heterocycles. The first kappa shape index (κ1) is 10.3. The topological polar surface area (TPSA) is 77.2 Å². The molecule has 0 atom stereocenters. The van der Waals surface area contributed by atoms with E-state index in [1.54, 1.807) is 12.3 Å². The summed E-state index contributed by atoms with van der Waals surface area (Å²) in [5, 5.41) is 2.78. The number of anilines is 2. The Bertz CT molecular complexity index is 339. The summed E-state index contributed by atoms with van der Waals surface area (Å²) in [5.74, 6) is 0.146. The smallest absolute Gasteiger partial charge is 0.325 e. The van der Waals surface area contributed by atoms with Crippen LogP contribution in [0.2, 0.25) is 0 Å². The van der Waals surface area contributed by atoms with Gasteiger partial charge in [-0.2, -0.15) is 0 Å². The van der Waals surface area contributed by atoms with Crippen LogP contribution in [0.25, 0.3) is 0 Å². The van der Waals surface area contributed by atoms with Gasteiger partial charge in [-0.05, 0) is 18.6 Å². The number of nitrogens with zero attached hydrogens (tertiary/aromatic N) is 1. The third kappa shape index (κ3) is 2.62. The molecule has 5 nitrogen and oxygen atoms in total. The van der Waals surface area contributed by atoms with Crippen LogP contribution in [0, 0.1) is 6.92 Å². The summed E-state index contributed by atoms with van der Waals surface area (Å²) in [7, 11) is 1.33. The number of nitrogen functional groups attached to an aromatic ring is 1. The van der Waals surface area contributed by atoms with Crippen LogP contribution in [0.15, 0.2) is 12.3 Å². The number of carbonyl (C=O) groups excluding carboxylic acids is 1. The van der Waals surface area contributed by atoms with E-state index >= 15 is 0 Å². The van der Waals surface area contributed by atoms with Crippen molar-refractivity contribution in [1.82, 2.24) is 4.98 Å². The lowest BCUT2D eigenvalue weighted by molar-refractivity contribution is -0.138. The van der Waals surface area contributed by atoms with Crippen LogP contribution in [0.3, 0.4) is 0 Å². The lowest BCUT2D eigenvalue weighted by Crippen LogP contribution is -2.16. The van der Waals surface area contributed by atoms with E-state index < -0.39 is 0 Å². The third-order valence-electron chi connectivity index (χ3n) is 1.68. The van der Waals surface area contributed by atoms with Crippen LogP contribution in [0.1, 0.15) is 5.56 Å². The molecule has 1 aromatic rings. The van der Waals surface area contributed by atoms with Gasteiger partial charge in [0, 0.05) is 6.20 Å². The minimum absolute atomic E-state index is 0.0662. The van der Waals surface area contributed by atoms with E-state index in [-0.39, 0.29) is 12.5 Å². The summed E-state index contributed by atoms with van der Waals surface area (Å²) < 4.78 is 4.47. The average Bonchev–Trinajstić information content (AvgIpc) is 2.16. The molecule has 0 unspecified atom stereocenters. The summed E-state index contributed by atoms with van der Waals surface area (Å²) >= 11 is 0. The molecule has 5 heteroatoms. The molecule has 0 bridgehead atoms. The molecule has 0 spiro atoms. The highest BCUT2D eigenvalue weighted by molar-refractivity contribution is 5.76. The number of aryl methyl sites for hydroxylation is 1. The van der Waals surface area contributed by atoms with Gasteiger partial charge in [-0.1, -0.05) is 0 Å². The highest BCUT2D eigenvalue weighted by Gasteiger charge is 2.03. The molecule has 0 aliphatic carbocycles. The van der Waals surface area contributed by atoms with Crippen LogP contribution >= 0.6 is 0 Å². The molecule has 0 fully saturated rings. The van der Waals surface area contributed by atoms with Gasteiger partial charge in [0.25, 0.3) is 0 Å². The van der Waals surface area contributed by atoms with Gasteiger partial charge in [-0.15, -0.1) is 0 Å². The van der Waals surface area contributed by atoms with Crippen molar-refractivity contribution in [3.8, 4) is 0 Å². The second-order valence-electron chi connectivity index (χ2n) is 2.88. The molecular weight excluding hydrogens is 182 g/mol. The average molecular weight is 195 g/mol. The fourth-order valence-electron chi connectivity index (χ4n) is 0.968. The van der Waals surface area contributed by atoms with E-state index in [1.165, 1.54) is 7.11 Å². The first-order valence-corrected chi connectivity index (χ1v) is 4.16. The van der Waals surface area contributed by atoms with Crippen LogP contribution in [0.4, 0.5) is 11.5 Å². The molecule has 76 valence electrons. The monoisotopic (exact) mass is 195 g/mol. The minimum Gasteiger partial charge on any atom is -0.468 e. The Morgan fingerprint density at radius 1 is 1.71 bits per heavy atom. The largest absolute Gasteiger partial charge is 0.468 e. The predicted octanol–water partition coefficient (Wildman–Crippen LogP) is 0.557. The van der Waals surface area contributed by atoms with E-state index in [2.05, 4.69) is 15.0 Å². The van der Waals surface area contributed by atoms with Crippen LogP contribution in [0.5, 0.6) is 0 Å². The molecule has 1 rings (SSSR count). The maximum absolute atomic E-state index is 10.8. The summed E-state index contributed by atoms with van der Waals surface area (Å²) in [6.07, 6.45) is 1.68. The summed E-state index contributed by atoms with van der Waals surface area (Å²) in [6, 6.07) is 1.78. The normalized spacial score (nSPS) is 9.57. The number of rotatable bonds is 3. The van der Waals surface area contributed by atoms with Crippen molar-refractivity contribution in [2.75, 3.05) is 24.7 Å². The predicted molar refractivity (Wildman–Crippen MR) is 53.9 cm³/mol. The van der Waals surface area contributed by atoms with Crippen LogP contribution < -0.4 is 11.1 Å². The Labute approximate surface area is 82.3 Å². The Balaban J connectivity index is 2.63. The van der Waals surface area contributed by atoms with Crippen LogP contribution in [-0.2, 0) is 9.53 Å². The van der Waals surface area contributed by atoms with Gasteiger partial charge in [0.05, 0.1) is 12.8 Å². The maximum atomic E-state index is 10.8. The molecule has 0 saturated carbocycles. The molecule has 0 amide bonds. The molecule has 0 aromatic carbocycles. The number of pyridine rings is 1. The first-order valence-electron chi connectivity index (χ1n) is 4.16. The van der Waals surface area contributed by atoms with E-state index in [4.69, 9.17) is 5.73 Å². The highest BCUT2D eigenvalue weighted by Crippen LogP contribution is 2.15. The number of esters is 1. The van der Waals surface area contributed by atoms with Gasteiger partial charge in [0.15, 0.2) is 0 Å². The Kier molecular flexibility index (Phi) is 3.28. The fraction of sp³-hybridized carbons (Fsp3) is 0.333. The molecule has 14 heavy (non-hydrogen) atoms. The third-order valence-corrected chi connectivity index (χ3v) is 1.68. The minimum atomic E-state index is -0.355. The molecule has 1 aromatic heterocycles. The van der Waals surface area contributed by atoms with Crippen molar-refractivity contribution in [3.05, 3.63) is 17.8 Å². The molecule has 0 saturated heterocycles. The summed E-state index contributed by atoms with van der Waals surface area (Å²) in [5.41, 5.74) is 7.17. The van der Waals surface area contributed by atoms with Crippen LogP contribution in [-0.4, -0.2) is 24.6 Å². The summed E-state index contributed by atoms with van der Waals surface area (Å²) in [4.78, 5) is 14.9. The molecule has 0 radical (unpaired) electrons. The van der Waals surface area contributed by atoms with Gasteiger partial charge >= 0.3 is 5.97 Å². The van der Waals surface area contributed by atoms with Gasteiger partial charge in [-0.25, -0.2) is 4.98 Å². The van der Waals surface area contributed by atoms with Gasteiger partial charge in [0.2, 0.25) is 0 Å². The van der Waals surface area contributed by atoms with E-state index in [9.17, 15) is 4.79 Å². The zero-order chi connectivity index (χ0) is 10.6. The van der Waals surface area contributed by atoms with Crippen molar-refractivity contribution in [3.63, 3.8) is 0 Å². The Morgan fingerprint density at radius 3 is 3.00 bits per heavy atom. The van der Waals surface area contributed by atoms with Crippen molar-refractivity contribution in [2.45, 2.75) is 6.92 Å². The van der Waals surface area contributed by atoms with Gasteiger partial charge in [-0.3, -0.25) is 4.79 Å². The quantitative estimate of drug-likeness (QED) is 0.689. The lowest BCUT2D eigenvalue weighted by Gasteiger charge is -2.07. The number of methoxy groups -OCH3 is 1. The lowest BCUT2D eigenvalue weighted by atomic mass is 10.3. The molecular formula is C9H13N3O2. The van der Waals surface area contributed by atoms with Crippen molar-refractivity contribution >= 4 is 17.5 Å². The first-order chi connectivity index (χ1) is 6.63. The number of nitrogens with one attached hydrogen (secondary N) is 1. The van der Waals surface area contributed by atoms with Crippen molar-refractivity contribution in [1.29, 1.82) is 0 Å². The number of hydrogen-bond donors (Lipinski definition) is 2. The molecule has 3 N–H and O–H groups in total. The molecule has 0 aliphatic heterocycles. The maximum Gasteiger partial charge on any atom is 0.325 e. The number of nitrogens with two attached hydrogens (primary N) is 1. The SMILES string of the molecule is COC(=O)CNc1ncc(C)cc1N. The summed E-state index contributed by atoms with van der Waals surface area (Å²) in [6.45, 7) is 1.96. The standard InChI is InChI=1S/C9H13N3O2/c1-6-3-7(10)9(11-4-6)12-5-8(13)14-2/h3-4H,5,10H2,1-2H3,(H,11,12). The number of ether oxygens (including phenoxy) is 1. The Hall–Kier alpha value is -1.78. The molecule has 0 aliphatic rings.